The molecule has 26 heavy (non-hydrogen) atoms. The van der Waals surface area contributed by atoms with Gasteiger partial charge in [0.05, 0.1) is 15.5 Å². The number of likely N-dealkylation sites (N-methyl/N-ethyl adjacent to an activating group) is 1. The second-order valence-electron chi connectivity index (χ2n) is 6.46. The van der Waals surface area contributed by atoms with Crippen LogP contribution in [0, 0.1) is 5.82 Å². The summed E-state index contributed by atoms with van der Waals surface area (Å²) in [6, 6.07) is 10.3. The third-order valence-electron chi connectivity index (χ3n) is 4.61. The third kappa shape index (κ3) is 3.83. The molecule has 0 radical (unpaired) electrons. The fourth-order valence-electron chi connectivity index (χ4n) is 3.08. The lowest BCUT2D eigenvalue weighted by Gasteiger charge is -2.34. The number of nitrogens with one attached hydrogen (secondary N) is 1. The van der Waals surface area contributed by atoms with Gasteiger partial charge in [0.25, 0.3) is 0 Å². The van der Waals surface area contributed by atoms with Crippen LogP contribution in [0.5, 0.6) is 0 Å². The zero-order valence-corrected chi connectivity index (χ0v) is 15.9. The zero-order chi connectivity index (χ0) is 18.7. The van der Waals surface area contributed by atoms with E-state index in [2.05, 4.69) is 22.2 Å². The molecule has 0 saturated carbocycles. The smallest absolute Gasteiger partial charge is 0.208 e. The van der Waals surface area contributed by atoms with Gasteiger partial charge in [-0.3, -0.25) is 0 Å². The van der Waals surface area contributed by atoms with E-state index in [1.54, 1.807) is 6.07 Å². The molecule has 1 aliphatic heterocycles. The summed E-state index contributed by atoms with van der Waals surface area (Å²) in [6.45, 7) is 6.31. The SMILES string of the molecule is CCNc1cc(N2CCN(C)CC2)ccc1S(=O)(=O)c1ccc(F)cc1. The molecule has 1 heterocycles. The van der Waals surface area contributed by atoms with Crippen LogP contribution in [0.2, 0.25) is 0 Å². The van der Waals surface area contributed by atoms with E-state index in [0.29, 0.717) is 12.2 Å². The first-order valence-corrected chi connectivity index (χ1v) is 10.2. The number of sulfone groups is 1. The number of hydrogen-bond donors (Lipinski definition) is 1. The Labute approximate surface area is 154 Å². The van der Waals surface area contributed by atoms with Gasteiger partial charge in [0.1, 0.15) is 5.82 Å². The van der Waals surface area contributed by atoms with E-state index in [0.717, 1.165) is 31.9 Å². The fourth-order valence-corrected chi connectivity index (χ4v) is 4.50. The predicted octanol–water partition coefficient (Wildman–Crippen LogP) is 2.84. The van der Waals surface area contributed by atoms with Crippen LogP contribution in [0.3, 0.4) is 0 Å². The Bertz CT molecular complexity index is 861. The van der Waals surface area contributed by atoms with Gasteiger partial charge in [-0.15, -0.1) is 0 Å². The van der Waals surface area contributed by atoms with Crippen LogP contribution < -0.4 is 10.2 Å². The first-order valence-electron chi connectivity index (χ1n) is 8.74. The molecule has 2 aromatic carbocycles. The van der Waals surface area contributed by atoms with Gasteiger partial charge < -0.3 is 15.1 Å². The molecule has 0 aromatic heterocycles. The summed E-state index contributed by atoms with van der Waals surface area (Å²) in [4.78, 5) is 4.83. The molecule has 1 fully saturated rings. The Morgan fingerprint density at radius 1 is 1.04 bits per heavy atom. The van der Waals surface area contributed by atoms with Crippen LogP contribution >= 0.6 is 0 Å². The van der Waals surface area contributed by atoms with Crippen molar-refractivity contribution < 1.29 is 12.8 Å². The highest BCUT2D eigenvalue weighted by Crippen LogP contribution is 2.32. The molecule has 0 amide bonds. The summed E-state index contributed by atoms with van der Waals surface area (Å²) in [5, 5.41) is 3.16. The van der Waals surface area contributed by atoms with E-state index < -0.39 is 15.7 Å². The van der Waals surface area contributed by atoms with Crippen LogP contribution in [-0.4, -0.2) is 53.1 Å². The van der Waals surface area contributed by atoms with Crippen molar-refractivity contribution in [2.45, 2.75) is 16.7 Å². The van der Waals surface area contributed by atoms with Gasteiger partial charge in [0.2, 0.25) is 9.84 Å². The van der Waals surface area contributed by atoms with Crippen LogP contribution in [0.15, 0.2) is 52.3 Å². The van der Waals surface area contributed by atoms with Gasteiger partial charge in [-0.05, 0) is 56.4 Å². The van der Waals surface area contributed by atoms with Crippen LogP contribution in [0.4, 0.5) is 15.8 Å². The molecule has 140 valence electrons. The molecule has 1 saturated heterocycles. The summed E-state index contributed by atoms with van der Waals surface area (Å²) in [5.41, 5.74) is 1.58. The van der Waals surface area contributed by atoms with Gasteiger partial charge in [0, 0.05) is 38.4 Å². The van der Waals surface area contributed by atoms with E-state index >= 15 is 0 Å². The quantitative estimate of drug-likeness (QED) is 0.812. The molecular formula is C19H24FN3O2S. The van der Waals surface area contributed by atoms with Crippen molar-refractivity contribution in [1.82, 2.24) is 4.90 Å². The van der Waals surface area contributed by atoms with Gasteiger partial charge >= 0.3 is 0 Å². The highest BCUT2D eigenvalue weighted by Gasteiger charge is 2.23. The van der Waals surface area contributed by atoms with Crippen molar-refractivity contribution in [3.63, 3.8) is 0 Å². The largest absolute Gasteiger partial charge is 0.384 e. The van der Waals surface area contributed by atoms with Crippen LogP contribution in [0.25, 0.3) is 0 Å². The normalized spacial score (nSPS) is 15.9. The molecule has 0 unspecified atom stereocenters. The summed E-state index contributed by atoms with van der Waals surface area (Å²) >= 11 is 0. The van der Waals surface area contributed by atoms with Crippen LogP contribution in [0.1, 0.15) is 6.92 Å². The summed E-state index contributed by atoms with van der Waals surface area (Å²) in [7, 11) is -1.62. The minimum atomic E-state index is -3.72. The van der Waals surface area contributed by atoms with Gasteiger partial charge in [-0.2, -0.15) is 0 Å². The van der Waals surface area contributed by atoms with E-state index in [1.165, 1.54) is 24.3 Å². The van der Waals surface area contributed by atoms with Crippen molar-refractivity contribution in [2.75, 3.05) is 50.0 Å². The highest BCUT2D eigenvalue weighted by molar-refractivity contribution is 7.91. The number of nitrogens with zero attached hydrogens (tertiary/aromatic N) is 2. The number of rotatable bonds is 5. The van der Waals surface area contributed by atoms with E-state index in [1.807, 2.05) is 19.1 Å². The van der Waals surface area contributed by atoms with Gasteiger partial charge in [-0.25, -0.2) is 12.8 Å². The third-order valence-corrected chi connectivity index (χ3v) is 6.44. The Balaban J connectivity index is 1.97. The Morgan fingerprint density at radius 2 is 1.69 bits per heavy atom. The first-order chi connectivity index (χ1) is 12.4. The highest BCUT2D eigenvalue weighted by atomic mass is 32.2. The summed E-state index contributed by atoms with van der Waals surface area (Å²) in [5.74, 6) is -0.457. The lowest BCUT2D eigenvalue weighted by Crippen LogP contribution is -2.44. The molecule has 5 nitrogen and oxygen atoms in total. The molecule has 0 spiro atoms. The monoisotopic (exact) mass is 377 g/mol. The maximum atomic E-state index is 13.1. The molecule has 0 atom stereocenters. The summed E-state index contributed by atoms with van der Waals surface area (Å²) in [6.07, 6.45) is 0. The number of anilines is 2. The van der Waals surface area contributed by atoms with Crippen molar-refractivity contribution in [2.24, 2.45) is 0 Å². The van der Waals surface area contributed by atoms with Crippen molar-refractivity contribution in [3.8, 4) is 0 Å². The van der Waals surface area contributed by atoms with Crippen molar-refractivity contribution in [3.05, 3.63) is 48.3 Å². The number of hydrogen-bond acceptors (Lipinski definition) is 5. The lowest BCUT2D eigenvalue weighted by molar-refractivity contribution is 0.313. The molecule has 1 aliphatic rings. The Kier molecular flexibility index (Phi) is 5.48. The number of piperazine rings is 1. The topological polar surface area (TPSA) is 52.6 Å². The number of halogens is 1. The Morgan fingerprint density at radius 3 is 2.31 bits per heavy atom. The molecule has 7 heteroatoms. The molecule has 2 aromatic rings. The van der Waals surface area contributed by atoms with Gasteiger partial charge in [-0.1, -0.05) is 0 Å². The molecular weight excluding hydrogens is 353 g/mol. The van der Waals surface area contributed by atoms with Crippen LogP contribution in [-0.2, 0) is 9.84 Å². The molecule has 1 N–H and O–H groups in total. The van der Waals surface area contributed by atoms with E-state index in [9.17, 15) is 12.8 Å². The maximum Gasteiger partial charge on any atom is 0.208 e. The van der Waals surface area contributed by atoms with Crippen molar-refractivity contribution in [1.29, 1.82) is 0 Å². The average Bonchev–Trinajstić information content (AvgIpc) is 2.63. The second-order valence-corrected chi connectivity index (χ2v) is 8.38. The predicted molar refractivity (Wildman–Crippen MR) is 102 cm³/mol. The average molecular weight is 377 g/mol. The van der Waals surface area contributed by atoms with Crippen molar-refractivity contribution >= 4 is 21.2 Å². The summed E-state index contributed by atoms with van der Waals surface area (Å²) < 4.78 is 39.1. The Hall–Kier alpha value is -2.12. The van der Waals surface area contributed by atoms with Gasteiger partial charge in [0.15, 0.2) is 0 Å². The zero-order valence-electron chi connectivity index (χ0n) is 15.1. The molecule has 3 rings (SSSR count). The number of benzene rings is 2. The molecule has 0 bridgehead atoms. The lowest BCUT2D eigenvalue weighted by atomic mass is 10.2. The van der Waals surface area contributed by atoms with E-state index in [4.69, 9.17) is 0 Å². The standard InChI is InChI=1S/C19H24FN3O2S/c1-3-21-18-14-16(23-12-10-22(2)11-13-23)6-9-19(18)26(24,25)17-7-4-15(20)5-8-17/h4-9,14,21H,3,10-13H2,1-2H3. The minimum Gasteiger partial charge on any atom is -0.384 e. The second kappa shape index (κ2) is 7.63. The fraction of sp³-hybridized carbons (Fsp3) is 0.368. The first kappa shape index (κ1) is 18.7. The maximum absolute atomic E-state index is 13.1. The minimum absolute atomic E-state index is 0.0883. The van der Waals surface area contributed by atoms with E-state index in [-0.39, 0.29) is 9.79 Å². The molecule has 0 aliphatic carbocycles.